The number of nitrogens with one attached hydrogen (secondary N) is 2. The monoisotopic (exact) mass is 333 g/mol. The Morgan fingerprint density at radius 1 is 1.42 bits per heavy atom. The van der Waals surface area contributed by atoms with E-state index in [0.29, 0.717) is 23.4 Å². The van der Waals surface area contributed by atoms with Gasteiger partial charge in [-0.05, 0) is 38.1 Å². The highest BCUT2D eigenvalue weighted by Crippen LogP contribution is 2.22. The Hall–Kier alpha value is -2.87. The average Bonchev–Trinajstić information content (AvgIpc) is 3.00. The normalized spacial score (nSPS) is 13.1. The van der Waals surface area contributed by atoms with Crippen molar-refractivity contribution in [3.05, 3.63) is 58.0 Å². The third-order valence-corrected chi connectivity index (χ3v) is 3.48. The second-order valence-electron chi connectivity index (χ2n) is 5.52. The van der Waals surface area contributed by atoms with Gasteiger partial charge in [-0.25, -0.2) is 4.79 Å². The largest absolute Gasteiger partial charge is 0.467 e. The van der Waals surface area contributed by atoms with Crippen LogP contribution in [-0.2, 0) is 0 Å². The van der Waals surface area contributed by atoms with Crippen LogP contribution < -0.4 is 10.6 Å². The van der Waals surface area contributed by atoms with Crippen molar-refractivity contribution < 1.29 is 19.2 Å². The zero-order valence-corrected chi connectivity index (χ0v) is 13.4. The highest BCUT2D eigenvalue weighted by Gasteiger charge is 2.17. The summed E-state index contributed by atoms with van der Waals surface area (Å²) in [5.41, 5.74) is 0.907. The molecule has 0 aliphatic rings. The van der Waals surface area contributed by atoms with Gasteiger partial charge in [0.05, 0.1) is 11.2 Å². The Balaban J connectivity index is 1.88. The molecule has 1 heterocycles. The first-order valence-corrected chi connectivity index (χ1v) is 7.41. The van der Waals surface area contributed by atoms with Gasteiger partial charge in [-0.15, -0.1) is 0 Å². The molecule has 0 spiro atoms. The third-order valence-electron chi connectivity index (χ3n) is 3.48. The molecule has 2 aromatic rings. The van der Waals surface area contributed by atoms with Crippen molar-refractivity contribution in [2.24, 2.45) is 0 Å². The van der Waals surface area contributed by atoms with Crippen molar-refractivity contribution in [2.45, 2.75) is 32.4 Å². The summed E-state index contributed by atoms with van der Waals surface area (Å²) in [5, 5.41) is 26.1. The van der Waals surface area contributed by atoms with Gasteiger partial charge in [0, 0.05) is 29.8 Å². The van der Waals surface area contributed by atoms with E-state index in [1.54, 1.807) is 26.0 Å². The van der Waals surface area contributed by atoms with Crippen molar-refractivity contribution in [3.63, 3.8) is 0 Å². The molecule has 2 rings (SSSR count). The molecule has 0 unspecified atom stereocenters. The molecule has 8 heteroatoms. The van der Waals surface area contributed by atoms with E-state index in [1.165, 1.54) is 24.5 Å². The van der Waals surface area contributed by atoms with Gasteiger partial charge >= 0.3 is 6.03 Å². The number of urea groups is 1. The van der Waals surface area contributed by atoms with E-state index in [4.69, 9.17) is 4.42 Å². The Morgan fingerprint density at radius 2 is 2.17 bits per heavy atom. The predicted molar refractivity (Wildman–Crippen MR) is 87.7 cm³/mol. The minimum atomic E-state index is -0.808. The first-order chi connectivity index (χ1) is 11.4. The van der Waals surface area contributed by atoms with Crippen LogP contribution in [0.15, 0.2) is 41.0 Å². The van der Waals surface area contributed by atoms with Gasteiger partial charge in [0.25, 0.3) is 5.69 Å². The Morgan fingerprint density at radius 3 is 2.75 bits per heavy atom. The Kier molecular flexibility index (Phi) is 5.54. The molecule has 0 fully saturated rings. The van der Waals surface area contributed by atoms with Gasteiger partial charge < -0.3 is 20.2 Å². The molecule has 0 bridgehead atoms. The summed E-state index contributed by atoms with van der Waals surface area (Å²) in [4.78, 5) is 22.3. The van der Waals surface area contributed by atoms with Crippen LogP contribution in [0.5, 0.6) is 0 Å². The fraction of sp³-hybridized carbons (Fsp3) is 0.312. The molecule has 2 amide bonds. The standard InChI is InChI=1S/C16H19N3O5/c1-10-8-12(5-6-13(10)19(22)23)18-16(21)17-11(2)9-14(20)15-4-3-7-24-15/h3-8,11,14,20H,9H2,1-2H3,(H2,17,18,21)/t11-,14-/m0/s1. The zero-order chi connectivity index (χ0) is 17.7. The molecule has 0 aliphatic carbocycles. The summed E-state index contributed by atoms with van der Waals surface area (Å²) in [7, 11) is 0. The molecule has 3 N–H and O–H groups in total. The van der Waals surface area contributed by atoms with E-state index < -0.39 is 17.1 Å². The molecule has 0 saturated carbocycles. The fourth-order valence-electron chi connectivity index (χ4n) is 2.32. The Labute approximate surface area is 138 Å². The van der Waals surface area contributed by atoms with Crippen LogP contribution in [0.4, 0.5) is 16.2 Å². The SMILES string of the molecule is Cc1cc(NC(=O)N[C@@H](C)C[C@H](O)c2ccco2)ccc1[N+](=O)[O-]. The molecule has 2 atom stereocenters. The maximum Gasteiger partial charge on any atom is 0.319 e. The van der Waals surface area contributed by atoms with E-state index in [1.807, 2.05) is 0 Å². The summed E-state index contributed by atoms with van der Waals surface area (Å²) >= 11 is 0. The number of furan rings is 1. The topological polar surface area (TPSA) is 118 Å². The first kappa shape index (κ1) is 17.5. The number of amides is 2. The van der Waals surface area contributed by atoms with Crippen molar-refractivity contribution in [1.29, 1.82) is 0 Å². The molecular weight excluding hydrogens is 314 g/mol. The highest BCUT2D eigenvalue weighted by atomic mass is 16.6. The fourth-order valence-corrected chi connectivity index (χ4v) is 2.32. The number of nitro benzene ring substituents is 1. The lowest BCUT2D eigenvalue weighted by atomic mass is 10.1. The maximum absolute atomic E-state index is 12.0. The van der Waals surface area contributed by atoms with Crippen molar-refractivity contribution in [1.82, 2.24) is 5.32 Å². The molecule has 1 aromatic heterocycles. The van der Waals surface area contributed by atoms with Gasteiger partial charge in [0.1, 0.15) is 11.9 Å². The number of nitrogens with zero attached hydrogens (tertiary/aromatic N) is 1. The van der Waals surface area contributed by atoms with Gasteiger partial charge in [-0.2, -0.15) is 0 Å². The van der Waals surface area contributed by atoms with Gasteiger partial charge in [0.2, 0.25) is 0 Å². The molecule has 128 valence electrons. The predicted octanol–water partition coefficient (Wildman–Crippen LogP) is 3.13. The van der Waals surface area contributed by atoms with Crippen LogP contribution in [0, 0.1) is 17.0 Å². The van der Waals surface area contributed by atoms with Gasteiger partial charge in [-0.1, -0.05) is 0 Å². The number of carbonyl (C=O) groups is 1. The van der Waals surface area contributed by atoms with Crippen LogP contribution in [0.1, 0.15) is 30.8 Å². The summed E-state index contributed by atoms with van der Waals surface area (Å²) < 4.78 is 5.11. The first-order valence-electron chi connectivity index (χ1n) is 7.41. The van der Waals surface area contributed by atoms with Crippen LogP contribution in [0.25, 0.3) is 0 Å². The molecule has 0 radical (unpaired) electrons. The number of nitro groups is 1. The number of benzene rings is 1. The highest BCUT2D eigenvalue weighted by molar-refractivity contribution is 5.89. The number of aliphatic hydroxyl groups is 1. The third kappa shape index (κ3) is 4.56. The lowest BCUT2D eigenvalue weighted by molar-refractivity contribution is -0.385. The molecular formula is C16H19N3O5. The van der Waals surface area contributed by atoms with Crippen molar-refractivity contribution in [3.8, 4) is 0 Å². The van der Waals surface area contributed by atoms with Gasteiger partial charge in [0.15, 0.2) is 0 Å². The average molecular weight is 333 g/mol. The van der Waals surface area contributed by atoms with E-state index in [-0.39, 0.29) is 11.7 Å². The van der Waals surface area contributed by atoms with E-state index in [9.17, 15) is 20.0 Å². The number of hydrogen-bond acceptors (Lipinski definition) is 5. The molecule has 24 heavy (non-hydrogen) atoms. The van der Waals surface area contributed by atoms with Crippen molar-refractivity contribution >= 4 is 17.4 Å². The van der Waals surface area contributed by atoms with E-state index in [2.05, 4.69) is 10.6 Å². The van der Waals surface area contributed by atoms with Crippen molar-refractivity contribution in [2.75, 3.05) is 5.32 Å². The zero-order valence-electron chi connectivity index (χ0n) is 13.4. The number of hydrogen-bond donors (Lipinski definition) is 3. The van der Waals surface area contributed by atoms with Crippen LogP contribution >= 0.6 is 0 Å². The number of aliphatic hydroxyl groups excluding tert-OH is 1. The van der Waals surface area contributed by atoms with Crippen LogP contribution in [0.3, 0.4) is 0 Å². The number of rotatable bonds is 6. The summed E-state index contributed by atoms with van der Waals surface area (Å²) in [6.45, 7) is 3.36. The van der Waals surface area contributed by atoms with E-state index >= 15 is 0 Å². The minimum Gasteiger partial charge on any atom is -0.467 e. The maximum atomic E-state index is 12.0. The minimum absolute atomic E-state index is 0.00380. The summed E-state index contributed by atoms with van der Waals surface area (Å²) in [6, 6.07) is 6.92. The summed E-state index contributed by atoms with van der Waals surface area (Å²) in [5.74, 6) is 0.440. The summed E-state index contributed by atoms with van der Waals surface area (Å²) in [6.07, 6.45) is 0.956. The van der Waals surface area contributed by atoms with E-state index in [0.717, 1.165) is 0 Å². The Bertz CT molecular complexity index is 715. The lowest BCUT2D eigenvalue weighted by Crippen LogP contribution is -2.37. The second kappa shape index (κ2) is 7.60. The second-order valence-corrected chi connectivity index (χ2v) is 5.52. The molecule has 1 aromatic carbocycles. The quantitative estimate of drug-likeness (QED) is 0.554. The molecule has 8 nitrogen and oxygen atoms in total. The number of carbonyl (C=O) groups excluding carboxylic acids is 1. The number of anilines is 1. The molecule has 0 aliphatic heterocycles. The van der Waals surface area contributed by atoms with Gasteiger partial charge in [-0.3, -0.25) is 10.1 Å². The lowest BCUT2D eigenvalue weighted by Gasteiger charge is -2.17. The smallest absolute Gasteiger partial charge is 0.319 e. The molecule has 0 saturated heterocycles. The van der Waals surface area contributed by atoms with Crippen LogP contribution in [0.2, 0.25) is 0 Å². The number of aryl methyl sites for hydroxylation is 1. The van der Waals surface area contributed by atoms with Crippen LogP contribution in [-0.4, -0.2) is 22.1 Å².